The van der Waals surface area contributed by atoms with Gasteiger partial charge in [-0.15, -0.1) is 0 Å². The lowest BCUT2D eigenvalue weighted by molar-refractivity contribution is -0.119. The summed E-state index contributed by atoms with van der Waals surface area (Å²) in [5.74, 6) is 1.44. The highest BCUT2D eigenvalue weighted by atomic mass is 32.2. The predicted octanol–water partition coefficient (Wildman–Crippen LogP) is 1.45. The first-order chi connectivity index (χ1) is 12.5. The van der Waals surface area contributed by atoms with Crippen LogP contribution in [-0.4, -0.2) is 48.8 Å². The molecule has 1 aliphatic rings. The number of thioether (sulfide) groups is 1. The van der Waals surface area contributed by atoms with Crippen LogP contribution in [0, 0.1) is 0 Å². The Hall–Kier alpha value is -2.48. The Bertz CT molecular complexity index is 788. The Morgan fingerprint density at radius 3 is 2.62 bits per heavy atom. The van der Waals surface area contributed by atoms with Crippen molar-refractivity contribution in [3.63, 3.8) is 0 Å². The van der Waals surface area contributed by atoms with Gasteiger partial charge in [0.15, 0.2) is 0 Å². The molecular weight excluding hydrogens is 349 g/mol. The van der Waals surface area contributed by atoms with Gasteiger partial charge in [-0.25, -0.2) is 4.98 Å². The van der Waals surface area contributed by atoms with E-state index >= 15 is 0 Å². The summed E-state index contributed by atoms with van der Waals surface area (Å²) in [6.45, 7) is 1.26. The molecule has 1 fully saturated rings. The molecule has 6 nitrogen and oxygen atoms in total. The van der Waals surface area contributed by atoms with E-state index in [0.717, 1.165) is 35.4 Å². The number of anilines is 1. The van der Waals surface area contributed by atoms with Crippen LogP contribution in [0.5, 0.6) is 5.75 Å². The van der Waals surface area contributed by atoms with Crippen molar-refractivity contribution in [3.05, 3.63) is 54.2 Å². The highest BCUT2D eigenvalue weighted by molar-refractivity contribution is 8.17. The second kappa shape index (κ2) is 7.82. The fourth-order valence-corrected chi connectivity index (χ4v) is 3.64. The minimum Gasteiger partial charge on any atom is -0.492 e. The number of carbonyl (C=O) groups excluding carboxylic acids is 2. The van der Waals surface area contributed by atoms with E-state index < -0.39 is 4.65 Å². The molecule has 0 radical (unpaired) electrons. The quantitative estimate of drug-likeness (QED) is 0.745. The van der Waals surface area contributed by atoms with Crippen LogP contribution >= 0.6 is 11.8 Å². The average molecular weight is 369 g/mol. The van der Waals surface area contributed by atoms with Crippen LogP contribution in [0.2, 0.25) is 0 Å². The number of pyridine rings is 1. The molecule has 1 N–H and O–H groups in total. The van der Waals surface area contributed by atoms with Crippen molar-refractivity contribution in [1.82, 2.24) is 10.3 Å². The van der Waals surface area contributed by atoms with E-state index in [1.165, 1.54) is 0 Å². The lowest BCUT2D eigenvalue weighted by atomic mass is 9.80. The summed E-state index contributed by atoms with van der Waals surface area (Å²) >= 11 is 1.05. The summed E-state index contributed by atoms with van der Waals surface area (Å²) in [4.78, 5) is 29.6. The fourth-order valence-electron chi connectivity index (χ4n) is 2.71. The first kappa shape index (κ1) is 18.3. The van der Waals surface area contributed by atoms with Gasteiger partial charge in [0.1, 0.15) is 26.0 Å². The van der Waals surface area contributed by atoms with Gasteiger partial charge in [0.25, 0.3) is 5.24 Å². The van der Waals surface area contributed by atoms with Gasteiger partial charge in [-0.1, -0.05) is 30.0 Å². The number of ether oxygens (including phenoxy) is 1. The van der Waals surface area contributed by atoms with Gasteiger partial charge in [-0.05, 0) is 36.2 Å². The third-order valence-corrected chi connectivity index (χ3v) is 5.28. The molecule has 26 heavy (non-hydrogen) atoms. The van der Waals surface area contributed by atoms with Crippen molar-refractivity contribution in [2.24, 2.45) is 0 Å². The minimum absolute atomic E-state index is 0.231. The van der Waals surface area contributed by atoms with Crippen molar-refractivity contribution in [2.75, 3.05) is 25.1 Å². The first-order valence-electron chi connectivity index (χ1n) is 8.35. The molecule has 2 amide bonds. The topological polar surface area (TPSA) is 71.5 Å². The maximum atomic E-state index is 11.9. The third-order valence-electron chi connectivity index (χ3n) is 4.21. The maximum absolute atomic E-state index is 11.9. The van der Waals surface area contributed by atoms with E-state index in [0.29, 0.717) is 13.0 Å². The van der Waals surface area contributed by atoms with Crippen molar-refractivity contribution >= 4 is 36.6 Å². The van der Waals surface area contributed by atoms with Gasteiger partial charge in [-0.3, -0.25) is 14.9 Å². The number of aromatic nitrogens is 1. The molecule has 1 aliphatic heterocycles. The fraction of sp³-hybridized carbons (Fsp3) is 0.278. The molecule has 0 bridgehead atoms. The van der Waals surface area contributed by atoms with E-state index in [1.807, 2.05) is 54.4 Å². The molecule has 2 aromatic rings. The Labute approximate surface area is 157 Å². The van der Waals surface area contributed by atoms with E-state index in [-0.39, 0.29) is 11.1 Å². The number of nitrogens with zero attached hydrogens (tertiary/aromatic N) is 2. The zero-order valence-electron chi connectivity index (χ0n) is 14.8. The molecule has 1 aromatic carbocycles. The lowest BCUT2D eigenvalue weighted by Gasteiger charge is -2.19. The molecule has 3 rings (SSSR count). The average Bonchev–Trinajstić information content (AvgIpc) is 2.88. The number of nitrogens with one attached hydrogen (secondary N) is 1. The second-order valence-electron chi connectivity index (χ2n) is 6.35. The molecular formula is C18H20BN3O3S. The normalized spacial score (nSPS) is 19.3. The summed E-state index contributed by atoms with van der Waals surface area (Å²) in [5, 5.41) is 2.06. The molecule has 1 atom stereocenters. The number of hydrogen-bond acceptors (Lipinski definition) is 6. The SMILES string of the molecule is B[C@@]1(Cc2ccc(OCCN(C)c3ccccn3)cc2)SC(=O)NC1=O. The van der Waals surface area contributed by atoms with Crippen LogP contribution in [0.25, 0.3) is 0 Å². The Morgan fingerprint density at radius 1 is 1.23 bits per heavy atom. The zero-order valence-corrected chi connectivity index (χ0v) is 15.6. The highest BCUT2D eigenvalue weighted by Crippen LogP contribution is 2.32. The molecule has 0 spiro atoms. The molecule has 0 saturated carbocycles. The molecule has 2 heterocycles. The molecule has 8 heteroatoms. The van der Waals surface area contributed by atoms with Gasteiger partial charge in [0.05, 0.1) is 11.2 Å². The van der Waals surface area contributed by atoms with Crippen LogP contribution in [0.15, 0.2) is 48.7 Å². The van der Waals surface area contributed by atoms with Gasteiger partial charge in [0.2, 0.25) is 5.91 Å². The van der Waals surface area contributed by atoms with Crippen molar-refractivity contribution in [1.29, 1.82) is 0 Å². The van der Waals surface area contributed by atoms with Crippen molar-refractivity contribution in [3.8, 4) is 5.75 Å². The molecule has 134 valence electrons. The van der Waals surface area contributed by atoms with Gasteiger partial charge in [0, 0.05) is 13.2 Å². The van der Waals surface area contributed by atoms with Crippen molar-refractivity contribution < 1.29 is 14.3 Å². The number of carbonyl (C=O) groups is 2. The Morgan fingerprint density at radius 2 is 2.00 bits per heavy atom. The summed E-state index contributed by atoms with van der Waals surface area (Å²) in [6.07, 6.45) is 2.26. The minimum atomic E-state index is -0.745. The number of imide groups is 1. The number of benzene rings is 1. The summed E-state index contributed by atoms with van der Waals surface area (Å²) in [5.41, 5.74) is 0.989. The maximum Gasteiger partial charge on any atom is 0.285 e. The number of likely N-dealkylation sites (N-methyl/N-ethyl adjacent to an activating group) is 1. The molecule has 0 aliphatic carbocycles. The van der Waals surface area contributed by atoms with Crippen LogP contribution < -0.4 is 15.0 Å². The zero-order chi connectivity index (χ0) is 18.6. The van der Waals surface area contributed by atoms with E-state index in [1.54, 1.807) is 14.0 Å². The third kappa shape index (κ3) is 4.38. The summed E-state index contributed by atoms with van der Waals surface area (Å²) < 4.78 is 5.03. The van der Waals surface area contributed by atoms with Gasteiger partial charge < -0.3 is 9.64 Å². The number of rotatable bonds is 7. The van der Waals surface area contributed by atoms with E-state index in [4.69, 9.17) is 4.74 Å². The lowest BCUT2D eigenvalue weighted by Crippen LogP contribution is -2.38. The first-order valence-corrected chi connectivity index (χ1v) is 9.16. The van der Waals surface area contributed by atoms with Crippen molar-refractivity contribution in [2.45, 2.75) is 11.1 Å². The molecule has 1 aromatic heterocycles. The van der Waals surface area contributed by atoms with Crippen LogP contribution in [-0.2, 0) is 11.2 Å². The Balaban J connectivity index is 1.50. The monoisotopic (exact) mass is 369 g/mol. The largest absolute Gasteiger partial charge is 0.492 e. The van der Waals surface area contributed by atoms with Gasteiger partial charge >= 0.3 is 0 Å². The Kier molecular flexibility index (Phi) is 5.51. The standard InChI is InChI=1S/C18H20BN3O3S/c1-22(15-4-2-3-9-20-15)10-11-25-14-7-5-13(6-8-14)12-18(19)16(23)21-17(24)26-18/h2-9H,10-12,19H2,1H3,(H,21,23,24)/t18-/m0/s1. The number of amides is 2. The van der Waals surface area contributed by atoms with E-state index in [2.05, 4.69) is 10.3 Å². The van der Waals surface area contributed by atoms with Crippen LogP contribution in [0.1, 0.15) is 5.56 Å². The molecule has 0 unspecified atom stereocenters. The van der Waals surface area contributed by atoms with E-state index in [9.17, 15) is 9.59 Å². The summed E-state index contributed by atoms with van der Waals surface area (Å²) in [7, 11) is 3.76. The van der Waals surface area contributed by atoms with Crippen LogP contribution in [0.3, 0.4) is 0 Å². The predicted molar refractivity (Wildman–Crippen MR) is 106 cm³/mol. The second-order valence-corrected chi connectivity index (χ2v) is 7.83. The van der Waals surface area contributed by atoms with Crippen LogP contribution in [0.4, 0.5) is 10.6 Å². The van der Waals surface area contributed by atoms with Gasteiger partial charge in [-0.2, -0.15) is 0 Å². The smallest absolute Gasteiger partial charge is 0.285 e. The highest BCUT2D eigenvalue weighted by Gasteiger charge is 2.43. The number of hydrogen-bond donors (Lipinski definition) is 1. The molecule has 1 saturated heterocycles. The summed E-state index contributed by atoms with van der Waals surface area (Å²) in [6, 6.07) is 13.4.